The van der Waals surface area contributed by atoms with Crippen LogP contribution in [0.15, 0.2) is 36.3 Å². The van der Waals surface area contributed by atoms with E-state index in [2.05, 4.69) is 10.3 Å². The number of carbonyl (C=O) groups is 1. The van der Waals surface area contributed by atoms with E-state index in [0.29, 0.717) is 5.69 Å². The van der Waals surface area contributed by atoms with Gasteiger partial charge in [0.15, 0.2) is 0 Å². The Morgan fingerprint density at radius 1 is 1.38 bits per heavy atom. The number of imidazole rings is 1. The lowest BCUT2D eigenvalue weighted by molar-refractivity contribution is -0.0896. The number of nitrogens with zero attached hydrogens (tertiary/aromatic N) is 2. The molecule has 8 heteroatoms. The van der Waals surface area contributed by atoms with Crippen molar-refractivity contribution in [3.8, 4) is 0 Å². The van der Waals surface area contributed by atoms with Crippen molar-refractivity contribution in [1.82, 2.24) is 14.9 Å². The summed E-state index contributed by atoms with van der Waals surface area (Å²) >= 11 is 0. The molecule has 0 saturated carbocycles. The molecule has 1 heterocycles. The zero-order valence-electron chi connectivity index (χ0n) is 13.9. The van der Waals surface area contributed by atoms with E-state index < -0.39 is 29.1 Å². The zero-order chi connectivity index (χ0) is 18.2. The van der Waals surface area contributed by atoms with Crippen LogP contribution in [0.4, 0.5) is 18.0 Å². The van der Waals surface area contributed by atoms with Crippen molar-refractivity contribution in [1.29, 1.82) is 0 Å². The second-order valence-electron chi connectivity index (χ2n) is 6.66. The van der Waals surface area contributed by atoms with E-state index in [1.165, 1.54) is 23.2 Å². The minimum Gasteiger partial charge on any atom is -0.444 e. The summed E-state index contributed by atoms with van der Waals surface area (Å²) < 4.78 is 46.1. The van der Waals surface area contributed by atoms with E-state index in [4.69, 9.17) is 4.74 Å². The highest BCUT2D eigenvalue weighted by molar-refractivity contribution is 5.69. The second-order valence-corrected chi connectivity index (χ2v) is 6.66. The van der Waals surface area contributed by atoms with Gasteiger partial charge in [-0.2, -0.15) is 13.2 Å². The Morgan fingerprint density at radius 3 is 2.54 bits per heavy atom. The van der Waals surface area contributed by atoms with E-state index in [0.717, 1.165) is 12.2 Å². The van der Waals surface area contributed by atoms with E-state index in [-0.39, 0.29) is 6.42 Å². The maximum Gasteiger partial charge on any atom is 0.416 e. The minimum absolute atomic E-state index is 0.142. The highest BCUT2D eigenvalue weighted by Crippen LogP contribution is 2.35. The molecule has 0 bridgehead atoms. The zero-order valence-corrected chi connectivity index (χ0v) is 13.9. The lowest BCUT2D eigenvalue weighted by Crippen LogP contribution is -2.51. The first-order chi connectivity index (χ1) is 10.9. The third-order valence-electron chi connectivity index (χ3n) is 3.42. The number of aromatic nitrogens is 2. The van der Waals surface area contributed by atoms with Gasteiger partial charge in [-0.3, -0.25) is 5.32 Å². The molecule has 0 spiro atoms. The molecule has 0 aliphatic heterocycles. The number of halogens is 3. The van der Waals surface area contributed by atoms with Crippen molar-refractivity contribution in [2.45, 2.75) is 51.6 Å². The summed E-state index contributed by atoms with van der Waals surface area (Å²) in [6.07, 6.45) is 1.08. The minimum atomic E-state index is -4.52. The van der Waals surface area contributed by atoms with Crippen molar-refractivity contribution >= 4 is 6.09 Å². The van der Waals surface area contributed by atoms with Crippen molar-refractivity contribution in [2.75, 3.05) is 0 Å². The smallest absolute Gasteiger partial charge is 0.416 e. The summed E-state index contributed by atoms with van der Waals surface area (Å²) in [6.45, 7) is 6.74. The van der Waals surface area contributed by atoms with Gasteiger partial charge in [-0.1, -0.05) is 12.2 Å². The molecule has 1 aromatic rings. The van der Waals surface area contributed by atoms with Crippen molar-refractivity contribution in [3.05, 3.63) is 42.0 Å². The van der Waals surface area contributed by atoms with E-state index >= 15 is 0 Å². The average Bonchev–Trinajstić information content (AvgIpc) is 2.82. The molecule has 1 aromatic heterocycles. The van der Waals surface area contributed by atoms with Crippen LogP contribution in [0, 0.1) is 6.92 Å². The number of rotatable bonds is 2. The second kappa shape index (κ2) is 5.99. The quantitative estimate of drug-likeness (QED) is 0.888. The number of alkyl halides is 3. The van der Waals surface area contributed by atoms with Crippen LogP contribution in [0.2, 0.25) is 0 Å². The molecule has 0 aromatic carbocycles. The molecule has 2 rings (SSSR count). The monoisotopic (exact) mass is 343 g/mol. The third kappa shape index (κ3) is 3.98. The van der Waals surface area contributed by atoms with Gasteiger partial charge >= 0.3 is 12.3 Å². The Labute approximate surface area is 138 Å². The summed E-state index contributed by atoms with van der Waals surface area (Å²) in [5, 5.41) is 2.57. The standard InChI is InChI=1S/C16H20F3N3O2/c1-11-9-20-10-22(11)15(21-13(23)24-14(2,3)4)7-5-6-12(8-15)16(17,18)19/h5-6,8-10H,7H2,1-4H3,(H,21,23). The van der Waals surface area contributed by atoms with Crippen LogP contribution in [0.5, 0.6) is 0 Å². The number of alkyl carbamates (subject to hydrolysis) is 1. The molecule has 5 nitrogen and oxygen atoms in total. The fourth-order valence-corrected chi connectivity index (χ4v) is 2.48. The van der Waals surface area contributed by atoms with Gasteiger partial charge < -0.3 is 9.30 Å². The molecule has 24 heavy (non-hydrogen) atoms. The lowest BCUT2D eigenvalue weighted by Gasteiger charge is -2.36. The summed E-state index contributed by atoms with van der Waals surface area (Å²) in [5.41, 5.74) is -2.42. The maximum absolute atomic E-state index is 13.1. The van der Waals surface area contributed by atoms with Gasteiger partial charge in [0.1, 0.15) is 11.3 Å². The van der Waals surface area contributed by atoms with Gasteiger partial charge in [0.25, 0.3) is 0 Å². The number of amides is 1. The average molecular weight is 343 g/mol. The molecule has 1 aliphatic carbocycles. The van der Waals surface area contributed by atoms with Crippen molar-refractivity contribution < 1.29 is 22.7 Å². The highest BCUT2D eigenvalue weighted by Gasteiger charge is 2.41. The maximum atomic E-state index is 13.1. The van der Waals surface area contributed by atoms with Crippen molar-refractivity contribution in [2.24, 2.45) is 0 Å². The van der Waals surface area contributed by atoms with Gasteiger partial charge in [-0.25, -0.2) is 9.78 Å². The molecule has 1 aliphatic rings. The molecule has 0 fully saturated rings. The first kappa shape index (κ1) is 18.1. The molecular formula is C16H20F3N3O2. The predicted octanol–water partition coefficient (Wildman–Crippen LogP) is 3.82. The van der Waals surface area contributed by atoms with Gasteiger partial charge in [0, 0.05) is 18.3 Å². The predicted molar refractivity (Wildman–Crippen MR) is 82.2 cm³/mol. The van der Waals surface area contributed by atoms with Crippen LogP contribution in [-0.2, 0) is 10.4 Å². The topological polar surface area (TPSA) is 56.2 Å². The Morgan fingerprint density at radius 2 is 2.04 bits per heavy atom. The molecule has 0 radical (unpaired) electrons. The summed E-state index contributed by atoms with van der Waals surface area (Å²) in [7, 11) is 0. The van der Waals surface area contributed by atoms with Crippen LogP contribution in [-0.4, -0.2) is 27.4 Å². The number of hydrogen-bond donors (Lipinski definition) is 1. The molecule has 1 amide bonds. The molecular weight excluding hydrogens is 323 g/mol. The van der Waals surface area contributed by atoms with Gasteiger partial charge in [-0.15, -0.1) is 0 Å². The number of aryl methyl sites for hydroxylation is 1. The summed E-state index contributed by atoms with van der Waals surface area (Å²) in [5.74, 6) is 0. The van der Waals surface area contributed by atoms with Crippen LogP contribution in [0.1, 0.15) is 32.9 Å². The summed E-state index contributed by atoms with van der Waals surface area (Å²) in [6, 6.07) is 0. The fraction of sp³-hybridized carbons (Fsp3) is 0.500. The number of nitrogens with one attached hydrogen (secondary N) is 1. The first-order valence-electron chi connectivity index (χ1n) is 7.40. The Kier molecular flexibility index (Phi) is 4.52. The largest absolute Gasteiger partial charge is 0.444 e. The van der Waals surface area contributed by atoms with Crippen LogP contribution in [0.3, 0.4) is 0 Å². The normalized spacial score (nSPS) is 21.4. The molecule has 1 N–H and O–H groups in total. The number of carbonyl (C=O) groups excluding carboxylic acids is 1. The summed E-state index contributed by atoms with van der Waals surface area (Å²) in [4.78, 5) is 16.1. The number of allylic oxidation sites excluding steroid dienone is 2. The lowest BCUT2D eigenvalue weighted by atomic mass is 9.95. The highest BCUT2D eigenvalue weighted by atomic mass is 19.4. The molecule has 1 atom stereocenters. The Balaban J connectivity index is 2.45. The van der Waals surface area contributed by atoms with Gasteiger partial charge in [0.2, 0.25) is 0 Å². The van der Waals surface area contributed by atoms with Crippen LogP contribution < -0.4 is 5.32 Å². The van der Waals surface area contributed by atoms with E-state index in [9.17, 15) is 18.0 Å². The van der Waals surface area contributed by atoms with Gasteiger partial charge in [-0.05, 0) is 33.8 Å². The molecule has 132 valence electrons. The Hall–Kier alpha value is -2.25. The van der Waals surface area contributed by atoms with Gasteiger partial charge in [0.05, 0.1) is 11.9 Å². The number of ether oxygens (including phenoxy) is 1. The van der Waals surface area contributed by atoms with E-state index in [1.54, 1.807) is 27.7 Å². The fourth-order valence-electron chi connectivity index (χ4n) is 2.48. The van der Waals surface area contributed by atoms with Crippen LogP contribution >= 0.6 is 0 Å². The third-order valence-corrected chi connectivity index (χ3v) is 3.42. The SMILES string of the molecule is Cc1cncn1C1(NC(=O)OC(C)(C)C)C=C(C(F)(F)F)C=CC1. The molecule has 0 saturated heterocycles. The van der Waals surface area contributed by atoms with E-state index in [1.807, 2.05) is 0 Å². The number of hydrogen-bond acceptors (Lipinski definition) is 3. The first-order valence-corrected chi connectivity index (χ1v) is 7.40. The molecule has 1 unspecified atom stereocenters. The Bertz CT molecular complexity index is 683. The van der Waals surface area contributed by atoms with Crippen LogP contribution in [0.25, 0.3) is 0 Å². The van der Waals surface area contributed by atoms with Crippen molar-refractivity contribution in [3.63, 3.8) is 0 Å².